The molecule has 0 saturated heterocycles. The van der Waals surface area contributed by atoms with Crippen LogP contribution in [-0.4, -0.2) is 21.1 Å². The molecule has 0 bridgehead atoms. The zero-order valence-electron chi connectivity index (χ0n) is 11.8. The fourth-order valence-corrected chi connectivity index (χ4v) is 2.35. The average Bonchev–Trinajstić information content (AvgIpc) is 2.88. The number of halogens is 1. The number of nitrogens with zero attached hydrogens (tertiary/aromatic N) is 3. The van der Waals surface area contributed by atoms with Crippen molar-refractivity contribution in [2.45, 2.75) is 6.92 Å². The van der Waals surface area contributed by atoms with Gasteiger partial charge in [-0.3, -0.25) is 0 Å². The summed E-state index contributed by atoms with van der Waals surface area (Å²) in [6, 6.07) is 15.5. The van der Waals surface area contributed by atoms with E-state index in [0.29, 0.717) is 15.6 Å². The van der Waals surface area contributed by atoms with Crippen LogP contribution in [0.4, 0.5) is 0 Å². The van der Waals surface area contributed by atoms with Crippen molar-refractivity contribution in [3.63, 3.8) is 0 Å². The summed E-state index contributed by atoms with van der Waals surface area (Å²) >= 11 is 11.1. The largest absolute Gasteiger partial charge is 0.250 e. The minimum absolute atomic E-state index is 0.446. The van der Waals surface area contributed by atoms with Gasteiger partial charge < -0.3 is 0 Å². The number of hydrogen-bond donors (Lipinski definition) is 1. The monoisotopic (exact) mass is 328 g/mol. The van der Waals surface area contributed by atoms with E-state index >= 15 is 0 Å². The van der Waals surface area contributed by atoms with Crippen LogP contribution in [0.1, 0.15) is 11.1 Å². The van der Waals surface area contributed by atoms with Crippen LogP contribution in [0.3, 0.4) is 0 Å². The van der Waals surface area contributed by atoms with Crippen molar-refractivity contribution in [1.29, 1.82) is 0 Å². The molecule has 0 fully saturated rings. The van der Waals surface area contributed by atoms with E-state index in [1.807, 2.05) is 55.5 Å². The molecule has 0 spiro atoms. The van der Waals surface area contributed by atoms with Gasteiger partial charge in [-0.2, -0.15) is 14.9 Å². The standard InChI is InChI=1S/C16H13ClN4S/c1-11-3-2-4-13(9-11)15-19-20-16(22)21(15)18-10-12-5-7-14(17)8-6-12/h2-10H,1H3,(H,20,22)/b18-10-. The summed E-state index contributed by atoms with van der Waals surface area (Å²) in [5, 5.41) is 12.2. The molecule has 0 aliphatic heterocycles. The molecule has 1 heterocycles. The van der Waals surface area contributed by atoms with Crippen molar-refractivity contribution >= 4 is 30.0 Å². The Morgan fingerprint density at radius 3 is 2.73 bits per heavy atom. The summed E-state index contributed by atoms with van der Waals surface area (Å²) in [5.41, 5.74) is 3.04. The van der Waals surface area contributed by atoms with E-state index in [9.17, 15) is 0 Å². The third-order valence-electron chi connectivity index (χ3n) is 3.12. The summed E-state index contributed by atoms with van der Waals surface area (Å²) in [5.74, 6) is 0.680. The molecule has 2 aromatic carbocycles. The molecule has 0 aliphatic carbocycles. The number of aromatic nitrogens is 3. The van der Waals surface area contributed by atoms with Gasteiger partial charge in [-0.1, -0.05) is 47.5 Å². The van der Waals surface area contributed by atoms with Gasteiger partial charge in [0.15, 0.2) is 5.82 Å². The zero-order chi connectivity index (χ0) is 15.5. The number of nitrogens with one attached hydrogen (secondary N) is 1. The number of rotatable bonds is 3. The minimum atomic E-state index is 0.446. The molecule has 1 N–H and O–H groups in total. The van der Waals surface area contributed by atoms with E-state index < -0.39 is 0 Å². The van der Waals surface area contributed by atoms with Crippen molar-refractivity contribution in [3.05, 3.63) is 69.5 Å². The maximum Gasteiger partial charge on any atom is 0.216 e. The highest BCUT2D eigenvalue weighted by molar-refractivity contribution is 7.71. The third-order valence-corrected chi connectivity index (χ3v) is 3.64. The normalized spacial score (nSPS) is 11.2. The lowest BCUT2D eigenvalue weighted by atomic mass is 10.1. The molecule has 6 heteroatoms. The molecule has 0 atom stereocenters. The van der Waals surface area contributed by atoms with Gasteiger partial charge in [0.1, 0.15) is 0 Å². The Labute approximate surface area is 138 Å². The summed E-state index contributed by atoms with van der Waals surface area (Å²) in [4.78, 5) is 0. The zero-order valence-corrected chi connectivity index (χ0v) is 13.4. The quantitative estimate of drug-likeness (QED) is 0.570. The summed E-state index contributed by atoms with van der Waals surface area (Å²) in [6.45, 7) is 2.03. The Kier molecular flexibility index (Phi) is 4.18. The first kappa shape index (κ1) is 14.7. The molecule has 0 unspecified atom stereocenters. The summed E-state index contributed by atoms with van der Waals surface area (Å²) in [6.07, 6.45) is 1.72. The van der Waals surface area contributed by atoms with Gasteiger partial charge >= 0.3 is 0 Å². The van der Waals surface area contributed by atoms with E-state index in [1.54, 1.807) is 10.9 Å². The second-order valence-corrected chi connectivity index (χ2v) is 5.65. The molecule has 0 saturated carbocycles. The predicted octanol–water partition coefficient (Wildman–Crippen LogP) is 4.45. The third kappa shape index (κ3) is 3.16. The lowest BCUT2D eigenvalue weighted by Gasteiger charge is -2.02. The SMILES string of the molecule is Cc1cccc(-c2n[nH]c(=S)n2/N=C\c2ccc(Cl)cc2)c1. The van der Waals surface area contributed by atoms with E-state index in [2.05, 4.69) is 15.3 Å². The van der Waals surface area contributed by atoms with Crippen molar-refractivity contribution in [1.82, 2.24) is 14.9 Å². The van der Waals surface area contributed by atoms with Gasteiger partial charge in [0.2, 0.25) is 4.77 Å². The first-order valence-corrected chi connectivity index (χ1v) is 7.46. The van der Waals surface area contributed by atoms with Crippen LogP contribution >= 0.6 is 23.8 Å². The minimum Gasteiger partial charge on any atom is -0.250 e. The molecule has 1 aromatic heterocycles. The number of hydrogen-bond acceptors (Lipinski definition) is 3. The van der Waals surface area contributed by atoms with Gasteiger partial charge in [0.05, 0.1) is 6.21 Å². The van der Waals surface area contributed by atoms with E-state index in [0.717, 1.165) is 16.7 Å². The molecule has 4 nitrogen and oxygen atoms in total. The number of H-pyrrole nitrogens is 1. The highest BCUT2D eigenvalue weighted by Crippen LogP contribution is 2.18. The molecule has 0 amide bonds. The van der Waals surface area contributed by atoms with Crippen LogP contribution in [0.2, 0.25) is 5.02 Å². The molecule has 0 aliphatic rings. The molecular formula is C16H13ClN4S. The van der Waals surface area contributed by atoms with Crippen molar-refractivity contribution in [2.24, 2.45) is 5.10 Å². The smallest absolute Gasteiger partial charge is 0.216 e. The lowest BCUT2D eigenvalue weighted by Crippen LogP contribution is -1.95. The number of benzene rings is 2. The Hall–Kier alpha value is -2.24. The van der Waals surface area contributed by atoms with E-state index in [1.165, 1.54) is 0 Å². The highest BCUT2D eigenvalue weighted by atomic mass is 35.5. The fraction of sp³-hybridized carbons (Fsp3) is 0.0625. The number of aromatic amines is 1. The molecule has 22 heavy (non-hydrogen) atoms. The number of aryl methyl sites for hydroxylation is 1. The van der Waals surface area contributed by atoms with Gasteiger partial charge in [0, 0.05) is 10.6 Å². The highest BCUT2D eigenvalue weighted by Gasteiger charge is 2.07. The van der Waals surface area contributed by atoms with Crippen LogP contribution in [0.5, 0.6) is 0 Å². The first-order valence-electron chi connectivity index (χ1n) is 6.68. The first-order chi connectivity index (χ1) is 10.6. The Morgan fingerprint density at radius 1 is 1.23 bits per heavy atom. The van der Waals surface area contributed by atoms with Gasteiger partial charge in [-0.25, -0.2) is 5.10 Å². The fourth-order valence-electron chi connectivity index (χ4n) is 2.04. The molecule has 3 aromatic rings. The molecule has 3 rings (SSSR count). The summed E-state index contributed by atoms with van der Waals surface area (Å²) < 4.78 is 2.06. The van der Waals surface area contributed by atoms with E-state index in [4.69, 9.17) is 23.8 Å². The summed E-state index contributed by atoms with van der Waals surface area (Å²) in [7, 11) is 0. The van der Waals surface area contributed by atoms with Gasteiger partial charge in [-0.15, -0.1) is 0 Å². The maximum atomic E-state index is 5.88. The van der Waals surface area contributed by atoms with Gasteiger partial charge in [0.25, 0.3) is 0 Å². The van der Waals surface area contributed by atoms with Crippen molar-refractivity contribution in [2.75, 3.05) is 0 Å². The molecule has 0 radical (unpaired) electrons. The van der Waals surface area contributed by atoms with Crippen LogP contribution in [0.25, 0.3) is 11.4 Å². The van der Waals surface area contributed by atoms with Crippen molar-refractivity contribution in [3.8, 4) is 11.4 Å². The Morgan fingerprint density at radius 2 is 2.00 bits per heavy atom. The van der Waals surface area contributed by atoms with Crippen LogP contribution in [-0.2, 0) is 0 Å². The predicted molar refractivity (Wildman–Crippen MR) is 92.0 cm³/mol. The topological polar surface area (TPSA) is 46.0 Å². The van der Waals surface area contributed by atoms with Gasteiger partial charge in [-0.05, 0) is 42.9 Å². The van der Waals surface area contributed by atoms with Crippen LogP contribution in [0, 0.1) is 11.7 Å². The second-order valence-electron chi connectivity index (χ2n) is 4.83. The second kappa shape index (κ2) is 6.25. The lowest BCUT2D eigenvalue weighted by molar-refractivity contribution is 0.871. The Balaban J connectivity index is 1.99. The molecular weight excluding hydrogens is 316 g/mol. The average molecular weight is 329 g/mol. The maximum absolute atomic E-state index is 5.88. The van der Waals surface area contributed by atoms with Crippen molar-refractivity contribution < 1.29 is 0 Å². The van der Waals surface area contributed by atoms with Crippen LogP contribution in [0.15, 0.2) is 53.6 Å². The Bertz CT molecular complexity index is 878. The van der Waals surface area contributed by atoms with E-state index in [-0.39, 0.29) is 0 Å². The van der Waals surface area contributed by atoms with Crippen LogP contribution < -0.4 is 0 Å². The molecule has 110 valence electrons.